The SMILES string of the molecule is C#CC(O)(c1ccccc1)c1ccc(Oc2c(F)cccc2F)cc1. The van der Waals surface area contributed by atoms with E-state index in [0.29, 0.717) is 11.1 Å². The molecule has 0 aromatic heterocycles. The van der Waals surface area contributed by atoms with Gasteiger partial charge in [-0.3, -0.25) is 0 Å². The maximum Gasteiger partial charge on any atom is 0.198 e. The molecule has 0 radical (unpaired) electrons. The van der Waals surface area contributed by atoms with Crippen LogP contribution in [0.15, 0.2) is 72.8 Å². The summed E-state index contributed by atoms with van der Waals surface area (Å²) in [5.74, 6) is 0.539. The Labute approximate surface area is 144 Å². The lowest BCUT2D eigenvalue weighted by atomic mass is 9.87. The maximum absolute atomic E-state index is 13.6. The molecule has 3 aromatic rings. The highest BCUT2D eigenvalue weighted by Gasteiger charge is 2.29. The number of halogens is 2. The second-order valence-corrected chi connectivity index (χ2v) is 5.40. The van der Waals surface area contributed by atoms with Crippen LogP contribution in [0.1, 0.15) is 11.1 Å². The zero-order chi connectivity index (χ0) is 17.9. The first-order chi connectivity index (χ1) is 12.0. The van der Waals surface area contributed by atoms with Crippen molar-refractivity contribution >= 4 is 0 Å². The van der Waals surface area contributed by atoms with Crippen LogP contribution in [0.5, 0.6) is 11.5 Å². The van der Waals surface area contributed by atoms with Gasteiger partial charge in [0.1, 0.15) is 5.75 Å². The molecule has 0 fully saturated rings. The van der Waals surface area contributed by atoms with Gasteiger partial charge in [-0.2, -0.15) is 0 Å². The molecule has 0 bridgehead atoms. The molecular weight excluding hydrogens is 322 g/mol. The number of aliphatic hydroxyl groups is 1. The van der Waals surface area contributed by atoms with E-state index in [2.05, 4.69) is 5.92 Å². The van der Waals surface area contributed by atoms with E-state index in [-0.39, 0.29) is 5.75 Å². The van der Waals surface area contributed by atoms with Crippen molar-refractivity contribution in [1.82, 2.24) is 0 Å². The predicted octanol–water partition coefficient (Wildman–Crippen LogP) is 4.63. The zero-order valence-corrected chi connectivity index (χ0v) is 13.1. The largest absolute Gasteiger partial charge is 0.451 e. The molecular formula is C21H14F2O2. The van der Waals surface area contributed by atoms with Crippen molar-refractivity contribution in [3.8, 4) is 23.8 Å². The Bertz CT molecular complexity index is 895. The molecule has 2 nitrogen and oxygen atoms in total. The summed E-state index contributed by atoms with van der Waals surface area (Å²) in [6, 6.07) is 18.4. The molecule has 0 aliphatic heterocycles. The molecule has 4 heteroatoms. The number of ether oxygens (including phenoxy) is 1. The highest BCUT2D eigenvalue weighted by atomic mass is 19.1. The van der Waals surface area contributed by atoms with Gasteiger partial charge >= 0.3 is 0 Å². The molecule has 1 unspecified atom stereocenters. The van der Waals surface area contributed by atoms with Gasteiger partial charge in [0, 0.05) is 11.1 Å². The van der Waals surface area contributed by atoms with E-state index >= 15 is 0 Å². The molecule has 1 atom stereocenters. The quantitative estimate of drug-likeness (QED) is 0.704. The average Bonchev–Trinajstić information content (AvgIpc) is 2.65. The lowest BCUT2D eigenvalue weighted by molar-refractivity contribution is 0.145. The van der Waals surface area contributed by atoms with Crippen LogP contribution >= 0.6 is 0 Å². The van der Waals surface area contributed by atoms with E-state index in [4.69, 9.17) is 11.2 Å². The third-order valence-electron chi connectivity index (χ3n) is 3.81. The molecule has 0 aliphatic carbocycles. The van der Waals surface area contributed by atoms with Gasteiger partial charge in [-0.25, -0.2) is 8.78 Å². The first kappa shape index (κ1) is 16.7. The van der Waals surface area contributed by atoms with Crippen molar-refractivity contribution in [1.29, 1.82) is 0 Å². The molecule has 1 N–H and O–H groups in total. The number of rotatable bonds is 4. The first-order valence-electron chi connectivity index (χ1n) is 7.52. The average molecular weight is 336 g/mol. The van der Waals surface area contributed by atoms with E-state index in [9.17, 15) is 13.9 Å². The molecule has 0 saturated heterocycles. The summed E-state index contributed by atoms with van der Waals surface area (Å²) in [5, 5.41) is 10.8. The van der Waals surface area contributed by atoms with Crippen molar-refractivity contribution in [2.75, 3.05) is 0 Å². The van der Waals surface area contributed by atoms with Gasteiger partial charge in [0.05, 0.1) is 0 Å². The second-order valence-electron chi connectivity index (χ2n) is 5.40. The Balaban J connectivity index is 1.91. The summed E-state index contributed by atoms with van der Waals surface area (Å²) in [6.45, 7) is 0. The predicted molar refractivity (Wildman–Crippen MR) is 91.1 cm³/mol. The molecule has 3 aromatic carbocycles. The fourth-order valence-corrected chi connectivity index (χ4v) is 2.47. The summed E-state index contributed by atoms with van der Waals surface area (Å²) in [7, 11) is 0. The van der Waals surface area contributed by atoms with Crippen molar-refractivity contribution in [2.45, 2.75) is 5.60 Å². The minimum atomic E-state index is -1.61. The molecule has 25 heavy (non-hydrogen) atoms. The first-order valence-corrected chi connectivity index (χ1v) is 7.52. The highest BCUT2D eigenvalue weighted by molar-refractivity contribution is 5.45. The van der Waals surface area contributed by atoms with Crippen molar-refractivity contribution < 1.29 is 18.6 Å². The molecule has 0 heterocycles. The second kappa shape index (κ2) is 6.76. The van der Waals surface area contributed by atoms with Crippen molar-refractivity contribution in [3.05, 3.63) is 95.6 Å². The topological polar surface area (TPSA) is 29.5 Å². The van der Waals surface area contributed by atoms with Gasteiger partial charge in [-0.05, 0) is 24.3 Å². The minimum Gasteiger partial charge on any atom is -0.451 e. The molecule has 0 aliphatic rings. The van der Waals surface area contributed by atoms with Crippen LogP contribution in [0.3, 0.4) is 0 Å². The third-order valence-corrected chi connectivity index (χ3v) is 3.81. The number of hydrogen-bond acceptors (Lipinski definition) is 2. The number of hydrogen-bond donors (Lipinski definition) is 1. The summed E-state index contributed by atoms with van der Waals surface area (Å²) in [5.41, 5.74) is -0.614. The summed E-state index contributed by atoms with van der Waals surface area (Å²) >= 11 is 0. The molecule has 124 valence electrons. The summed E-state index contributed by atoms with van der Waals surface area (Å²) in [4.78, 5) is 0. The standard InChI is InChI=1S/C21H14F2O2/c1-2-21(24,15-7-4-3-5-8-15)16-11-13-17(14-12-16)25-20-18(22)9-6-10-19(20)23/h1,3-14,24H. The lowest BCUT2D eigenvalue weighted by Gasteiger charge is -2.23. The van der Waals surface area contributed by atoms with Gasteiger partial charge in [0.2, 0.25) is 0 Å². The Morgan fingerprint density at radius 1 is 0.800 bits per heavy atom. The normalized spacial score (nSPS) is 12.9. The summed E-state index contributed by atoms with van der Waals surface area (Å²) in [6.07, 6.45) is 5.54. The van der Waals surface area contributed by atoms with Gasteiger partial charge in [0.15, 0.2) is 23.0 Å². The molecule has 0 spiro atoms. The monoisotopic (exact) mass is 336 g/mol. The van der Waals surface area contributed by atoms with Crippen LogP contribution in [0.2, 0.25) is 0 Å². The number of benzene rings is 3. The Morgan fingerprint density at radius 3 is 1.92 bits per heavy atom. The van der Waals surface area contributed by atoms with Gasteiger partial charge in [-0.1, -0.05) is 54.5 Å². The fourth-order valence-electron chi connectivity index (χ4n) is 2.47. The van der Waals surface area contributed by atoms with E-state index in [1.165, 1.54) is 18.2 Å². The minimum absolute atomic E-state index is 0.222. The van der Waals surface area contributed by atoms with Crippen LogP contribution in [0.4, 0.5) is 8.78 Å². The summed E-state index contributed by atoms with van der Waals surface area (Å²) < 4.78 is 32.6. The van der Waals surface area contributed by atoms with Gasteiger partial charge in [0.25, 0.3) is 0 Å². The maximum atomic E-state index is 13.6. The fraction of sp³-hybridized carbons (Fsp3) is 0.0476. The Morgan fingerprint density at radius 2 is 1.36 bits per heavy atom. The van der Waals surface area contributed by atoms with E-state index in [1.807, 2.05) is 6.07 Å². The van der Waals surface area contributed by atoms with Crippen molar-refractivity contribution in [2.24, 2.45) is 0 Å². The third kappa shape index (κ3) is 3.23. The van der Waals surface area contributed by atoms with E-state index < -0.39 is 23.0 Å². The van der Waals surface area contributed by atoms with Crippen LogP contribution in [-0.2, 0) is 5.60 Å². The highest BCUT2D eigenvalue weighted by Crippen LogP contribution is 2.32. The molecule has 0 saturated carbocycles. The van der Waals surface area contributed by atoms with Crippen LogP contribution in [0.25, 0.3) is 0 Å². The van der Waals surface area contributed by atoms with Crippen LogP contribution in [0, 0.1) is 24.0 Å². The van der Waals surface area contributed by atoms with E-state index in [1.54, 1.807) is 36.4 Å². The Hall–Kier alpha value is -3.16. The lowest BCUT2D eigenvalue weighted by Crippen LogP contribution is -2.24. The molecule has 0 amide bonds. The van der Waals surface area contributed by atoms with Gasteiger partial charge < -0.3 is 9.84 Å². The smallest absolute Gasteiger partial charge is 0.198 e. The van der Waals surface area contributed by atoms with Crippen LogP contribution < -0.4 is 4.74 Å². The van der Waals surface area contributed by atoms with E-state index in [0.717, 1.165) is 12.1 Å². The van der Waals surface area contributed by atoms with Crippen molar-refractivity contribution in [3.63, 3.8) is 0 Å². The Kier molecular flexibility index (Phi) is 4.51. The number of terminal acetylenes is 1. The van der Waals surface area contributed by atoms with Gasteiger partial charge in [-0.15, -0.1) is 6.42 Å². The van der Waals surface area contributed by atoms with Crippen LogP contribution in [-0.4, -0.2) is 5.11 Å². The number of para-hydroxylation sites is 1. The molecule has 3 rings (SSSR count). The zero-order valence-electron chi connectivity index (χ0n) is 13.1.